The van der Waals surface area contributed by atoms with Crippen LogP contribution < -0.4 is 20.7 Å². The Hall–Kier alpha value is -1.79. The molecule has 22 heavy (non-hydrogen) atoms. The number of methoxy groups -OCH3 is 2. The van der Waals surface area contributed by atoms with Crippen molar-refractivity contribution in [3.05, 3.63) is 24.3 Å². The normalized spacial score (nSPS) is 16.8. The van der Waals surface area contributed by atoms with Crippen molar-refractivity contribution in [2.45, 2.75) is 12.8 Å². The van der Waals surface area contributed by atoms with Gasteiger partial charge < -0.3 is 25.4 Å². The number of nitrogens with one attached hydrogen (secondary N) is 3. The van der Waals surface area contributed by atoms with Gasteiger partial charge in [-0.1, -0.05) is 12.1 Å². The number of carbonyl (C=O) groups excluding carboxylic acids is 1. The molecule has 1 saturated heterocycles. The molecule has 1 fully saturated rings. The van der Waals surface area contributed by atoms with E-state index in [0.29, 0.717) is 24.6 Å². The summed E-state index contributed by atoms with van der Waals surface area (Å²) in [7, 11) is 3.29. The monoisotopic (exact) mass is 307 g/mol. The van der Waals surface area contributed by atoms with E-state index in [4.69, 9.17) is 9.47 Å². The molecule has 1 aromatic carbocycles. The summed E-state index contributed by atoms with van der Waals surface area (Å²) in [6.45, 7) is 3.17. The number of amides is 2. The van der Waals surface area contributed by atoms with Crippen molar-refractivity contribution in [3.8, 4) is 5.75 Å². The molecule has 6 nitrogen and oxygen atoms in total. The van der Waals surface area contributed by atoms with Crippen molar-refractivity contribution in [3.63, 3.8) is 0 Å². The lowest BCUT2D eigenvalue weighted by atomic mass is 9.79. The lowest BCUT2D eigenvalue weighted by molar-refractivity contribution is 0.0558. The van der Waals surface area contributed by atoms with Gasteiger partial charge in [0, 0.05) is 19.1 Å². The van der Waals surface area contributed by atoms with Gasteiger partial charge in [0.2, 0.25) is 0 Å². The molecule has 2 amide bonds. The Morgan fingerprint density at radius 2 is 2.00 bits per heavy atom. The fraction of sp³-hybridized carbons (Fsp3) is 0.562. The zero-order valence-electron chi connectivity index (χ0n) is 13.3. The maximum atomic E-state index is 12.1. The van der Waals surface area contributed by atoms with Crippen molar-refractivity contribution in [1.29, 1.82) is 0 Å². The van der Waals surface area contributed by atoms with E-state index >= 15 is 0 Å². The van der Waals surface area contributed by atoms with E-state index in [1.807, 2.05) is 24.3 Å². The highest BCUT2D eigenvalue weighted by Crippen LogP contribution is 2.28. The van der Waals surface area contributed by atoms with Gasteiger partial charge in [0.15, 0.2) is 0 Å². The Kier molecular flexibility index (Phi) is 6.03. The highest BCUT2D eigenvalue weighted by molar-refractivity contribution is 5.90. The van der Waals surface area contributed by atoms with Crippen LogP contribution in [0.15, 0.2) is 24.3 Å². The molecule has 1 aliphatic heterocycles. The van der Waals surface area contributed by atoms with Crippen LogP contribution in [0, 0.1) is 5.41 Å². The molecule has 0 bridgehead atoms. The predicted molar refractivity (Wildman–Crippen MR) is 86.4 cm³/mol. The number of benzene rings is 1. The summed E-state index contributed by atoms with van der Waals surface area (Å²) in [5, 5.41) is 9.13. The van der Waals surface area contributed by atoms with Crippen LogP contribution in [-0.2, 0) is 4.74 Å². The molecule has 0 saturated carbocycles. The molecule has 122 valence electrons. The highest BCUT2D eigenvalue weighted by Gasteiger charge is 2.32. The minimum absolute atomic E-state index is 0.0120. The summed E-state index contributed by atoms with van der Waals surface area (Å²) < 4.78 is 10.6. The van der Waals surface area contributed by atoms with Gasteiger partial charge in [0.1, 0.15) is 5.75 Å². The number of anilines is 1. The van der Waals surface area contributed by atoms with Gasteiger partial charge in [-0.3, -0.25) is 0 Å². The summed E-state index contributed by atoms with van der Waals surface area (Å²) in [6, 6.07) is 7.13. The molecular weight excluding hydrogens is 282 g/mol. The first-order valence-corrected chi connectivity index (χ1v) is 7.57. The molecule has 0 radical (unpaired) electrons. The van der Waals surface area contributed by atoms with Crippen LogP contribution >= 0.6 is 0 Å². The molecule has 0 spiro atoms. The van der Waals surface area contributed by atoms with E-state index < -0.39 is 0 Å². The molecule has 3 N–H and O–H groups in total. The van der Waals surface area contributed by atoms with Gasteiger partial charge in [-0.2, -0.15) is 0 Å². The zero-order chi connectivity index (χ0) is 15.8. The van der Waals surface area contributed by atoms with E-state index in [0.717, 1.165) is 25.9 Å². The standard InChI is InChI=1S/C16H25N3O3/c1-21-12-16(7-9-17-10-8-16)11-18-15(20)19-13-5-3-4-6-14(13)22-2/h3-6,17H,7-12H2,1-2H3,(H2,18,19,20). The van der Waals surface area contributed by atoms with Crippen LogP contribution in [0.4, 0.5) is 10.5 Å². The number of urea groups is 1. The van der Waals surface area contributed by atoms with Crippen LogP contribution in [0.25, 0.3) is 0 Å². The van der Waals surface area contributed by atoms with E-state index in [1.165, 1.54) is 0 Å². The number of carbonyl (C=O) groups is 1. The lowest BCUT2D eigenvalue weighted by Crippen LogP contribution is -2.48. The number of rotatable bonds is 6. The molecule has 1 heterocycles. The summed E-state index contributed by atoms with van der Waals surface area (Å²) in [5.74, 6) is 0.645. The third kappa shape index (κ3) is 4.35. The molecule has 1 aromatic rings. The first-order chi connectivity index (χ1) is 10.7. The van der Waals surface area contributed by atoms with Crippen LogP contribution in [-0.4, -0.2) is 46.5 Å². The third-order valence-electron chi connectivity index (χ3n) is 4.09. The van der Waals surface area contributed by atoms with Crippen LogP contribution in [0.5, 0.6) is 5.75 Å². The predicted octanol–water partition coefficient (Wildman–Crippen LogP) is 1.83. The van der Waals surface area contributed by atoms with E-state index in [-0.39, 0.29) is 11.4 Å². The topological polar surface area (TPSA) is 71.6 Å². The second kappa shape index (κ2) is 8.00. The highest BCUT2D eigenvalue weighted by atomic mass is 16.5. The minimum atomic E-state index is -0.224. The van der Waals surface area contributed by atoms with Gasteiger partial charge in [-0.05, 0) is 38.1 Å². The first kappa shape index (κ1) is 16.6. The number of hydrogen-bond acceptors (Lipinski definition) is 4. The van der Waals surface area contributed by atoms with Gasteiger partial charge in [-0.25, -0.2) is 4.79 Å². The SMILES string of the molecule is COCC1(CNC(=O)Nc2ccccc2OC)CCNCC1. The second-order valence-electron chi connectivity index (χ2n) is 5.69. The van der Waals surface area contributed by atoms with Crippen molar-refractivity contribution in [1.82, 2.24) is 10.6 Å². The molecule has 1 aliphatic rings. The Bertz CT molecular complexity index is 482. The first-order valence-electron chi connectivity index (χ1n) is 7.57. The summed E-state index contributed by atoms with van der Waals surface area (Å²) in [5.41, 5.74) is 0.673. The van der Waals surface area contributed by atoms with Crippen molar-refractivity contribution < 1.29 is 14.3 Å². The van der Waals surface area contributed by atoms with E-state index in [1.54, 1.807) is 14.2 Å². The molecule has 0 aliphatic carbocycles. The second-order valence-corrected chi connectivity index (χ2v) is 5.69. The number of para-hydroxylation sites is 2. The Morgan fingerprint density at radius 1 is 1.27 bits per heavy atom. The van der Waals surface area contributed by atoms with Crippen molar-refractivity contribution >= 4 is 11.7 Å². The number of hydrogen-bond donors (Lipinski definition) is 3. The van der Waals surface area contributed by atoms with Gasteiger partial charge >= 0.3 is 6.03 Å². The zero-order valence-corrected chi connectivity index (χ0v) is 13.3. The summed E-state index contributed by atoms with van der Waals surface area (Å²) in [6.07, 6.45) is 1.99. The summed E-state index contributed by atoms with van der Waals surface area (Å²) >= 11 is 0. The molecular formula is C16H25N3O3. The largest absolute Gasteiger partial charge is 0.495 e. The van der Waals surface area contributed by atoms with Crippen molar-refractivity contribution in [2.75, 3.05) is 45.8 Å². The fourth-order valence-electron chi connectivity index (χ4n) is 2.82. The van der Waals surface area contributed by atoms with Gasteiger partial charge in [0.05, 0.1) is 19.4 Å². The van der Waals surface area contributed by atoms with Crippen LogP contribution in [0.2, 0.25) is 0 Å². The minimum Gasteiger partial charge on any atom is -0.495 e. The number of ether oxygens (including phenoxy) is 2. The van der Waals surface area contributed by atoms with Crippen LogP contribution in [0.3, 0.4) is 0 Å². The average Bonchev–Trinajstić information content (AvgIpc) is 2.55. The molecule has 0 unspecified atom stereocenters. The fourth-order valence-corrected chi connectivity index (χ4v) is 2.82. The lowest BCUT2D eigenvalue weighted by Gasteiger charge is -2.37. The molecule has 0 aromatic heterocycles. The third-order valence-corrected chi connectivity index (χ3v) is 4.09. The summed E-state index contributed by atoms with van der Waals surface area (Å²) in [4.78, 5) is 12.1. The average molecular weight is 307 g/mol. The Balaban J connectivity index is 1.91. The maximum absolute atomic E-state index is 12.1. The number of piperidine rings is 1. The van der Waals surface area contributed by atoms with Crippen LogP contribution in [0.1, 0.15) is 12.8 Å². The van der Waals surface area contributed by atoms with Gasteiger partial charge in [-0.15, -0.1) is 0 Å². The van der Waals surface area contributed by atoms with Crippen molar-refractivity contribution in [2.24, 2.45) is 5.41 Å². The Labute approximate surface area is 131 Å². The molecule has 0 atom stereocenters. The van der Waals surface area contributed by atoms with Gasteiger partial charge in [0.25, 0.3) is 0 Å². The maximum Gasteiger partial charge on any atom is 0.319 e. The Morgan fingerprint density at radius 3 is 2.68 bits per heavy atom. The quantitative estimate of drug-likeness (QED) is 0.750. The molecule has 2 rings (SSSR count). The van der Waals surface area contributed by atoms with E-state index in [2.05, 4.69) is 16.0 Å². The van der Waals surface area contributed by atoms with E-state index in [9.17, 15) is 4.79 Å². The molecule has 6 heteroatoms. The smallest absolute Gasteiger partial charge is 0.319 e.